The van der Waals surface area contributed by atoms with Gasteiger partial charge < -0.3 is 24.2 Å². The highest BCUT2D eigenvalue weighted by Crippen LogP contribution is 2.27. The summed E-state index contributed by atoms with van der Waals surface area (Å²) in [7, 11) is 0. The van der Waals surface area contributed by atoms with Crippen molar-refractivity contribution >= 4 is 27.3 Å². The molecule has 36 heavy (non-hydrogen) atoms. The lowest BCUT2D eigenvalue weighted by atomic mass is 9.95. The van der Waals surface area contributed by atoms with Gasteiger partial charge in [0.2, 0.25) is 0 Å². The van der Waals surface area contributed by atoms with Crippen molar-refractivity contribution < 1.29 is 24.1 Å². The number of ketones is 1. The maximum absolute atomic E-state index is 11.7. The molecule has 2 aliphatic heterocycles. The minimum atomic E-state index is -0.521. The highest BCUT2D eigenvalue weighted by atomic mass is 32.1. The van der Waals surface area contributed by atoms with E-state index in [2.05, 4.69) is 14.8 Å². The molecule has 3 atom stereocenters. The predicted molar refractivity (Wildman–Crippen MR) is 139 cm³/mol. The number of aliphatic hydroxyl groups excluding tert-OH is 1. The Morgan fingerprint density at radius 1 is 1.19 bits per heavy atom. The Balaban J connectivity index is 0.930. The maximum atomic E-state index is 11.7. The monoisotopic (exact) mass is 513 g/mol. The van der Waals surface area contributed by atoms with Crippen molar-refractivity contribution in [1.82, 2.24) is 14.8 Å². The molecule has 0 radical (unpaired) electrons. The molecule has 0 saturated carbocycles. The van der Waals surface area contributed by atoms with Gasteiger partial charge in [0.15, 0.2) is 5.78 Å². The lowest BCUT2D eigenvalue weighted by Crippen LogP contribution is -2.49. The second-order valence-electron chi connectivity index (χ2n) is 9.72. The molecule has 8 nitrogen and oxygen atoms in total. The molecule has 194 valence electrons. The van der Waals surface area contributed by atoms with Crippen molar-refractivity contribution in [2.45, 2.75) is 32.0 Å². The molecule has 1 N–H and O–H groups in total. The van der Waals surface area contributed by atoms with Crippen LogP contribution in [0.4, 0.5) is 0 Å². The van der Waals surface area contributed by atoms with Gasteiger partial charge in [-0.1, -0.05) is 6.08 Å². The van der Waals surface area contributed by atoms with Crippen molar-refractivity contribution in [1.29, 1.82) is 0 Å². The fourth-order valence-corrected chi connectivity index (χ4v) is 5.73. The Labute approximate surface area is 216 Å². The second kappa shape index (κ2) is 11.8. The van der Waals surface area contributed by atoms with Gasteiger partial charge in [0.25, 0.3) is 0 Å². The first-order chi connectivity index (χ1) is 17.5. The summed E-state index contributed by atoms with van der Waals surface area (Å²) >= 11 is 1.67. The Morgan fingerprint density at radius 3 is 2.89 bits per heavy atom. The van der Waals surface area contributed by atoms with E-state index < -0.39 is 6.10 Å². The van der Waals surface area contributed by atoms with E-state index in [4.69, 9.17) is 14.2 Å². The number of hydrogen-bond acceptors (Lipinski definition) is 9. The van der Waals surface area contributed by atoms with Crippen LogP contribution >= 0.6 is 11.3 Å². The van der Waals surface area contributed by atoms with Crippen LogP contribution in [-0.2, 0) is 14.3 Å². The Bertz CT molecular complexity index is 1110. The molecule has 2 fully saturated rings. The first-order valence-corrected chi connectivity index (χ1v) is 13.6. The van der Waals surface area contributed by atoms with E-state index in [9.17, 15) is 9.90 Å². The lowest BCUT2D eigenvalue weighted by Gasteiger charge is -2.35. The summed E-state index contributed by atoms with van der Waals surface area (Å²) in [5, 5.41) is 11.5. The molecule has 2 saturated heterocycles. The van der Waals surface area contributed by atoms with Crippen molar-refractivity contribution in [2.24, 2.45) is 5.92 Å². The van der Waals surface area contributed by atoms with Gasteiger partial charge in [0.05, 0.1) is 33.9 Å². The van der Waals surface area contributed by atoms with Crippen molar-refractivity contribution in [3.8, 4) is 5.75 Å². The van der Waals surface area contributed by atoms with Gasteiger partial charge in [-0.05, 0) is 50.6 Å². The smallest absolute Gasteiger partial charge is 0.168 e. The molecule has 1 aliphatic carbocycles. The minimum Gasteiger partial charge on any atom is -0.494 e. The van der Waals surface area contributed by atoms with E-state index >= 15 is 0 Å². The van der Waals surface area contributed by atoms with Crippen LogP contribution in [0.1, 0.15) is 17.8 Å². The summed E-state index contributed by atoms with van der Waals surface area (Å²) in [5.41, 5.74) is 0.949. The molecule has 9 heteroatoms. The van der Waals surface area contributed by atoms with Crippen molar-refractivity contribution in [3.63, 3.8) is 0 Å². The number of carbonyl (C=O) groups is 1. The van der Waals surface area contributed by atoms with E-state index in [0.717, 1.165) is 72.3 Å². The number of unbranched alkanes of at least 4 members (excludes halogenated alkanes) is 1. The van der Waals surface area contributed by atoms with Gasteiger partial charge in [-0.2, -0.15) is 0 Å². The number of Topliss-reactive ketones (excluding diaryl/α,β-unsaturated/α-hetero) is 1. The van der Waals surface area contributed by atoms with Crippen LogP contribution in [0.2, 0.25) is 0 Å². The summed E-state index contributed by atoms with van der Waals surface area (Å²) in [6.45, 7) is 8.77. The van der Waals surface area contributed by atoms with Gasteiger partial charge in [-0.3, -0.25) is 9.69 Å². The van der Waals surface area contributed by atoms with Crippen LogP contribution in [-0.4, -0.2) is 97.0 Å². The van der Waals surface area contributed by atoms with Gasteiger partial charge in [0.1, 0.15) is 30.8 Å². The lowest BCUT2D eigenvalue weighted by molar-refractivity contribution is -0.119. The normalized spacial score (nSPS) is 23.6. The number of fused-ring (bicyclic) bond motifs is 2. The molecule has 5 rings (SSSR count). The molecule has 3 aliphatic rings. The van der Waals surface area contributed by atoms with E-state index in [-0.39, 0.29) is 31.0 Å². The van der Waals surface area contributed by atoms with Crippen molar-refractivity contribution in [2.75, 3.05) is 59.1 Å². The van der Waals surface area contributed by atoms with Gasteiger partial charge in [0, 0.05) is 38.8 Å². The molecule has 1 aromatic heterocycles. The molecule has 0 amide bonds. The first-order valence-electron chi connectivity index (χ1n) is 12.8. The van der Waals surface area contributed by atoms with E-state index in [1.54, 1.807) is 11.3 Å². The molecule has 2 aromatic rings. The van der Waals surface area contributed by atoms with Crippen molar-refractivity contribution in [3.05, 3.63) is 47.2 Å². The van der Waals surface area contributed by atoms with Crippen LogP contribution in [0, 0.1) is 12.8 Å². The summed E-state index contributed by atoms with van der Waals surface area (Å²) in [5.74, 6) is 1.57. The van der Waals surface area contributed by atoms with Crippen LogP contribution in [0.3, 0.4) is 0 Å². The number of thiazole rings is 1. The average molecular weight is 514 g/mol. The number of nitrogens with zero attached hydrogens (tertiary/aromatic N) is 3. The molecular formula is C27H35N3O5S. The van der Waals surface area contributed by atoms with E-state index in [1.165, 1.54) is 0 Å². The van der Waals surface area contributed by atoms with Gasteiger partial charge in [-0.15, -0.1) is 11.3 Å². The minimum absolute atomic E-state index is 0.132. The van der Waals surface area contributed by atoms with Crippen LogP contribution in [0.25, 0.3) is 10.2 Å². The van der Waals surface area contributed by atoms with Gasteiger partial charge >= 0.3 is 0 Å². The molecule has 1 aromatic carbocycles. The highest BCUT2D eigenvalue weighted by molar-refractivity contribution is 7.18. The number of carbonyl (C=O) groups excluding carboxylic acids is 1. The second-order valence-corrected chi connectivity index (χ2v) is 11.0. The molecule has 3 unspecified atom stereocenters. The molecule has 3 heterocycles. The zero-order chi connectivity index (χ0) is 24.9. The third kappa shape index (κ3) is 6.52. The van der Waals surface area contributed by atoms with E-state index in [0.29, 0.717) is 13.2 Å². The summed E-state index contributed by atoms with van der Waals surface area (Å²) < 4.78 is 18.3. The van der Waals surface area contributed by atoms with E-state index in [1.807, 2.05) is 43.4 Å². The number of piperazine rings is 1. The number of aliphatic hydroxyl groups is 1. The third-order valence-electron chi connectivity index (χ3n) is 6.92. The molecular weight excluding hydrogens is 478 g/mol. The first kappa shape index (κ1) is 25.4. The van der Waals surface area contributed by atoms with Crippen LogP contribution in [0.15, 0.2) is 42.2 Å². The summed E-state index contributed by atoms with van der Waals surface area (Å²) in [6.07, 6.45) is 7.11. The summed E-state index contributed by atoms with van der Waals surface area (Å²) in [4.78, 5) is 21.0. The zero-order valence-electron chi connectivity index (χ0n) is 20.8. The third-order valence-corrected chi connectivity index (χ3v) is 7.87. The number of ether oxygens (including phenoxy) is 3. The number of aryl methyl sites for hydroxylation is 1. The fraction of sp³-hybridized carbons (Fsp3) is 0.556. The predicted octanol–water partition coefficient (Wildman–Crippen LogP) is 2.80. The number of β-amino-alcohol motifs (C(OH)–C–C–N with tert-alkyl or cyclic N) is 1. The maximum Gasteiger partial charge on any atom is 0.168 e. The highest BCUT2D eigenvalue weighted by Gasteiger charge is 2.34. The Morgan fingerprint density at radius 2 is 2.03 bits per heavy atom. The quantitative estimate of drug-likeness (QED) is 0.460. The SMILES string of the molecule is Cc1nc2cc(OCC(O)CN3CCN(CCCCOC4=CC5OCC(=O)C5C=C4)CC3)ccc2s1. The number of allylic oxidation sites excluding steroid dienone is 1. The molecule has 0 bridgehead atoms. The fourth-order valence-electron chi connectivity index (χ4n) is 4.92. The molecule has 0 spiro atoms. The van der Waals surface area contributed by atoms with Gasteiger partial charge in [-0.25, -0.2) is 4.98 Å². The largest absolute Gasteiger partial charge is 0.494 e. The number of benzene rings is 1. The average Bonchev–Trinajstić information content (AvgIpc) is 3.44. The Hall–Kier alpha value is -2.30. The topological polar surface area (TPSA) is 84.4 Å². The standard InChI is InChI=1S/C27H35N3O5S/c1-19-28-24-14-21(5-7-27(24)36-19)34-17-20(31)16-30-11-9-29(10-12-30)8-2-3-13-33-22-4-6-23-25(32)18-35-26(23)15-22/h4-7,14-15,20,23,26,31H,2-3,8-13,16-18H2,1H3. The van der Waals surface area contributed by atoms with Crippen LogP contribution in [0.5, 0.6) is 5.75 Å². The van der Waals surface area contributed by atoms with Crippen LogP contribution < -0.4 is 4.74 Å². The Kier molecular flexibility index (Phi) is 8.33. The number of aromatic nitrogens is 1. The number of rotatable bonds is 11. The summed E-state index contributed by atoms with van der Waals surface area (Å²) in [6, 6.07) is 5.92. The zero-order valence-corrected chi connectivity index (χ0v) is 21.6. The number of hydrogen-bond donors (Lipinski definition) is 1.